The molecule has 1 atom stereocenters. The molecule has 126 valence electrons. The van der Waals surface area contributed by atoms with E-state index in [0.717, 1.165) is 18.4 Å². The van der Waals surface area contributed by atoms with Crippen molar-refractivity contribution in [2.45, 2.75) is 49.6 Å². The second kappa shape index (κ2) is 8.24. The molecule has 0 bridgehead atoms. The number of hydrogen-bond acceptors (Lipinski definition) is 3. The summed E-state index contributed by atoms with van der Waals surface area (Å²) in [5.74, 6) is -0.986. The van der Waals surface area contributed by atoms with Crippen LogP contribution in [-0.4, -0.2) is 29.4 Å². The summed E-state index contributed by atoms with van der Waals surface area (Å²) in [4.78, 5) is 24.2. The Balaban J connectivity index is 1.79. The van der Waals surface area contributed by atoms with Gasteiger partial charge in [-0.05, 0) is 56.6 Å². The topological polar surface area (TPSA) is 78.4 Å². The third-order valence-electron chi connectivity index (χ3n) is 4.38. The third-order valence-corrected chi connectivity index (χ3v) is 5.12. The molecule has 1 aromatic carbocycles. The lowest BCUT2D eigenvalue weighted by atomic mass is 9.86. The Hall–Kier alpha value is -1.69. The van der Waals surface area contributed by atoms with Crippen LogP contribution in [0.1, 0.15) is 44.2 Å². The van der Waals surface area contributed by atoms with Gasteiger partial charge in [-0.2, -0.15) is 0 Å². The van der Waals surface area contributed by atoms with Gasteiger partial charge in [0.1, 0.15) is 0 Å². The molecule has 0 aliphatic heterocycles. The largest absolute Gasteiger partial charge is 0.481 e. The van der Waals surface area contributed by atoms with Gasteiger partial charge in [-0.15, -0.1) is 11.8 Å². The van der Waals surface area contributed by atoms with Crippen LogP contribution in [-0.2, 0) is 4.79 Å². The number of rotatable bonds is 5. The van der Waals surface area contributed by atoms with Crippen molar-refractivity contribution in [3.63, 3.8) is 0 Å². The van der Waals surface area contributed by atoms with E-state index in [2.05, 4.69) is 10.6 Å². The summed E-state index contributed by atoms with van der Waals surface area (Å²) < 4.78 is 0. The maximum atomic E-state index is 12.1. The highest BCUT2D eigenvalue weighted by molar-refractivity contribution is 7.98. The van der Waals surface area contributed by atoms with Crippen LogP contribution < -0.4 is 10.6 Å². The summed E-state index contributed by atoms with van der Waals surface area (Å²) >= 11 is 1.69. The number of carbonyl (C=O) groups is 2. The van der Waals surface area contributed by atoms with Crippen LogP contribution in [0.25, 0.3) is 0 Å². The number of amides is 2. The first kappa shape index (κ1) is 17.7. The van der Waals surface area contributed by atoms with Crippen molar-refractivity contribution >= 4 is 23.8 Å². The highest BCUT2D eigenvalue weighted by Gasteiger charge is 2.26. The van der Waals surface area contributed by atoms with E-state index in [1.807, 2.05) is 37.4 Å². The summed E-state index contributed by atoms with van der Waals surface area (Å²) in [6.07, 6.45) is 4.74. The Bertz CT molecular complexity index is 539. The maximum Gasteiger partial charge on any atom is 0.315 e. The van der Waals surface area contributed by atoms with Gasteiger partial charge in [-0.1, -0.05) is 12.1 Å². The van der Waals surface area contributed by atoms with Crippen molar-refractivity contribution in [3.8, 4) is 0 Å². The molecule has 6 heteroatoms. The lowest BCUT2D eigenvalue weighted by molar-refractivity contribution is -0.142. The predicted octanol–water partition coefficient (Wildman–Crippen LogP) is 3.41. The van der Waals surface area contributed by atoms with Crippen LogP contribution in [0.2, 0.25) is 0 Å². The Morgan fingerprint density at radius 1 is 1.17 bits per heavy atom. The predicted molar refractivity (Wildman–Crippen MR) is 91.7 cm³/mol. The van der Waals surface area contributed by atoms with E-state index < -0.39 is 5.97 Å². The fourth-order valence-corrected chi connectivity index (χ4v) is 3.29. The molecule has 0 radical (unpaired) electrons. The molecular weight excluding hydrogens is 312 g/mol. The van der Waals surface area contributed by atoms with Crippen LogP contribution in [0.4, 0.5) is 4.79 Å². The first-order valence-corrected chi connectivity index (χ1v) is 9.16. The first-order valence-electron chi connectivity index (χ1n) is 7.93. The van der Waals surface area contributed by atoms with E-state index in [-0.39, 0.29) is 24.0 Å². The molecule has 2 rings (SSSR count). The molecule has 3 N–H and O–H groups in total. The number of urea groups is 1. The van der Waals surface area contributed by atoms with Gasteiger partial charge in [0.15, 0.2) is 0 Å². The zero-order chi connectivity index (χ0) is 16.8. The molecule has 0 heterocycles. The second-order valence-corrected chi connectivity index (χ2v) is 6.88. The molecule has 5 nitrogen and oxygen atoms in total. The normalized spacial score (nSPS) is 22.2. The standard InChI is InChI=1S/C17H24N2O3S/c1-11(12-5-9-15(23-2)10-6-12)18-17(22)19-14-7-3-13(4-8-14)16(20)21/h5-6,9-11,13-14H,3-4,7-8H2,1-2H3,(H,20,21)(H2,18,19,22)/t11-,13?,14?/m1/s1. The van der Waals surface area contributed by atoms with Gasteiger partial charge in [0.2, 0.25) is 0 Å². The van der Waals surface area contributed by atoms with Gasteiger partial charge in [-0.25, -0.2) is 4.79 Å². The van der Waals surface area contributed by atoms with Crippen molar-refractivity contribution in [2.24, 2.45) is 5.92 Å². The molecular formula is C17H24N2O3S. The van der Waals surface area contributed by atoms with Crippen LogP contribution in [0.15, 0.2) is 29.2 Å². The molecule has 0 saturated heterocycles. The molecule has 2 amide bonds. The van der Waals surface area contributed by atoms with E-state index >= 15 is 0 Å². The van der Waals surface area contributed by atoms with Crippen molar-refractivity contribution in [2.75, 3.05) is 6.26 Å². The monoisotopic (exact) mass is 336 g/mol. The van der Waals surface area contributed by atoms with Crippen LogP contribution in [0, 0.1) is 5.92 Å². The summed E-state index contributed by atoms with van der Waals surface area (Å²) in [7, 11) is 0. The third kappa shape index (κ3) is 5.16. The van der Waals surface area contributed by atoms with Crippen LogP contribution >= 0.6 is 11.8 Å². The van der Waals surface area contributed by atoms with Gasteiger partial charge < -0.3 is 15.7 Å². The smallest absolute Gasteiger partial charge is 0.315 e. The van der Waals surface area contributed by atoms with Crippen LogP contribution in [0.5, 0.6) is 0 Å². The number of carboxylic acids is 1. The number of carboxylic acid groups (broad SMARTS) is 1. The summed E-state index contributed by atoms with van der Waals surface area (Å²) in [5.41, 5.74) is 1.06. The van der Waals surface area contributed by atoms with E-state index in [9.17, 15) is 9.59 Å². The van der Waals surface area contributed by atoms with Crippen molar-refractivity contribution in [1.82, 2.24) is 10.6 Å². The minimum atomic E-state index is -0.727. The molecule has 0 aromatic heterocycles. The average molecular weight is 336 g/mol. The SMILES string of the molecule is CSc1ccc([C@@H](C)NC(=O)NC2CCC(C(=O)O)CC2)cc1. The minimum Gasteiger partial charge on any atom is -0.481 e. The number of benzene rings is 1. The first-order chi connectivity index (χ1) is 11.0. The van der Waals surface area contributed by atoms with Gasteiger partial charge in [0.05, 0.1) is 12.0 Å². The maximum absolute atomic E-state index is 12.1. The summed E-state index contributed by atoms with van der Waals surface area (Å²) in [6, 6.07) is 7.94. The van der Waals surface area contributed by atoms with Gasteiger partial charge in [0.25, 0.3) is 0 Å². The lowest BCUT2D eigenvalue weighted by Crippen LogP contribution is -2.44. The lowest BCUT2D eigenvalue weighted by Gasteiger charge is -2.27. The molecule has 23 heavy (non-hydrogen) atoms. The van der Waals surface area contributed by atoms with Crippen molar-refractivity contribution in [1.29, 1.82) is 0 Å². The highest BCUT2D eigenvalue weighted by Crippen LogP contribution is 2.24. The zero-order valence-electron chi connectivity index (χ0n) is 13.5. The molecule has 1 saturated carbocycles. The summed E-state index contributed by atoms with van der Waals surface area (Å²) in [6.45, 7) is 1.95. The quantitative estimate of drug-likeness (QED) is 0.720. The fourth-order valence-electron chi connectivity index (χ4n) is 2.88. The van der Waals surface area contributed by atoms with E-state index in [1.54, 1.807) is 11.8 Å². The number of nitrogens with one attached hydrogen (secondary N) is 2. The molecule has 1 aliphatic rings. The highest BCUT2D eigenvalue weighted by atomic mass is 32.2. The molecule has 1 aliphatic carbocycles. The Morgan fingerprint density at radius 3 is 2.30 bits per heavy atom. The zero-order valence-corrected chi connectivity index (χ0v) is 14.4. The Labute approximate surface area is 141 Å². The number of carbonyl (C=O) groups excluding carboxylic acids is 1. The van der Waals surface area contributed by atoms with Crippen molar-refractivity contribution in [3.05, 3.63) is 29.8 Å². The number of thioether (sulfide) groups is 1. The Morgan fingerprint density at radius 2 is 1.78 bits per heavy atom. The second-order valence-electron chi connectivity index (χ2n) is 6.00. The fraction of sp³-hybridized carbons (Fsp3) is 0.529. The van der Waals surface area contributed by atoms with Gasteiger partial charge >= 0.3 is 12.0 Å². The van der Waals surface area contributed by atoms with E-state index in [1.165, 1.54) is 4.90 Å². The Kier molecular flexibility index (Phi) is 6.33. The molecule has 1 aromatic rings. The molecule has 0 unspecified atom stereocenters. The average Bonchev–Trinajstić information content (AvgIpc) is 2.55. The van der Waals surface area contributed by atoms with Gasteiger partial charge in [-0.3, -0.25) is 4.79 Å². The summed E-state index contributed by atoms with van der Waals surface area (Å²) in [5, 5.41) is 14.9. The van der Waals surface area contributed by atoms with Gasteiger partial charge in [0, 0.05) is 10.9 Å². The number of aliphatic carboxylic acids is 1. The number of hydrogen-bond donors (Lipinski definition) is 3. The van der Waals surface area contributed by atoms with Crippen molar-refractivity contribution < 1.29 is 14.7 Å². The molecule has 1 fully saturated rings. The van der Waals surface area contributed by atoms with E-state index in [0.29, 0.717) is 12.8 Å². The van der Waals surface area contributed by atoms with Crippen LogP contribution in [0.3, 0.4) is 0 Å². The minimum absolute atomic E-state index is 0.0664. The molecule has 0 spiro atoms. The van der Waals surface area contributed by atoms with E-state index in [4.69, 9.17) is 5.11 Å².